The fourth-order valence-corrected chi connectivity index (χ4v) is 2.62. The number of hydroxylamine groups is 2. The molecule has 1 unspecified atom stereocenters. The van der Waals surface area contributed by atoms with E-state index >= 15 is 0 Å². The predicted octanol–water partition coefficient (Wildman–Crippen LogP) is 0.321. The zero-order chi connectivity index (χ0) is 15.3. The Morgan fingerprint density at radius 3 is 2.38 bits per heavy atom. The van der Waals surface area contributed by atoms with Gasteiger partial charge in [-0.25, -0.2) is 4.79 Å². The van der Waals surface area contributed by atoms with Crippen LogP contribution in [0, 0.1) is 0 Å². The van der Waals surface area contributed by atoms with E-state index in [4.69, 9.17) is 16.3 Å². The van der Waals surface area contributed by atoms with Crippen molar-refractivity contribution >= 4 is 33.4 Å². The summed E-state index contributed by atoms with van der Waals surface area (Å²) in [6.45, 7) is 2.93. The standard InChI is InChI=1S/C11H12N2O2S.C2H5NO.K/c1-7(13(15)11(12)14)10-6-8-4-2-3-5-9(8)16-10;1-2(3)4;/h2-7,15H,1H3,(H2,12,14);1H3,(H2,3,4);/q;;+1/p-1. The first-order valence-electron chi connectivity index (χ1n) is 5.81. The number of fused-ring (bicyclic) bond motifs is 1. The molecular formula is C13H16KN3O3S. The van der Waals surface area contributed by atoms with Crippen LogP contribution >= 0.6 is 11.3 Å². The van der Waals surface area contributed by atoms with Crippen molar-refractivity contribution in [1.29, 1.82) is 0 Å². The normalized spacial score (nSPS) is 10.8. The molecule has 3 amide bonds. The smallest absolute Gasteiger partial charge is 0.668 e. The van der Waals surface area contributed by atoms with Gasteiger partial charge in [-0.2, -0.15) is 5.06 Å². The van der Waals surface area contributed by atoms with Crippen molar-refractivity contribution in [2.75, 3.05) is 0 Å². The van der Waals surface area contributed by atoms with Crippen molar-refractivity contribution in [2.24, 2.45) is 5.73 Å². The van der Waals surface area contributed by atoms with Gasteiger partial charge in [0.2, 0.25) is 0 Å². The molecule has 21 heavy (non-hydrogen) atoms. The van der Waals surface area contributed by atoms with Gasteiger partial charge in [0.15, 0.2) is 0 Å². The van der Waals surface area contributed by atoms with Crippen molar-refractivity contribution in [3.63, 3.8) is 0 Å². The summed E-state index contributed by atoms with van der Waals surface area (Å²) in [6.07, 6.45) is 0. The van der Waals surface area contributed by atoms with Crippen LogP contribution < -0.4 is 57.1 Å². The van der Waals surface area contributed by atoms with Crippen LogP contribution in [-0.2, 0) is 4.79 Å². The third kappa shape index (κ3) is 6.43. The van der Waals surface area contributed by atoms with Crippen LogP contribution in [0.5, 0.6) is 0 Å². The van der Waals surface area contributed by atoms with E-state index in [9.17, 15) is 10.0 Å². The van der Waals surface area contributed by atoms with E-state index in [1.165, 1.54) is 6.92 Å². The third-order valence-corrected chi connectivity index (χ3v) is 3.74. The Balaban J connectivity index is 0.000000715. The second-order valence-corrected chi connectivity index (χ2v) is 5.22. The van der Waals surface area contributed by atoms with Gasteiger partial charge >= 0.3 is 57.4 Å². The van der Waals surface area contributed by atoms with Crippen LogP contribution in [0.2, 0.25) is 0 Å². The molecule has 108 valence electrons. The number of carbonyl (C=O) groups excluding carboxylic acids is 2. The minimum absolute atomic E-state index is 0. The average molecular weight is 333 g/mol. The molecule has 0 aliphatic rings. The van der Waals surface area contributed by atoms with E-state index < -0.39 is 18.0 Å². The van der Waals surface area contributed by atoms with E-state index in [2.05, 4.69) is 0 Å². The van der Waals surface area contributed by atoms with Gasteiger partial charge in [-0.1, -0.05) is 18.2 Å². The molecule has 0 radical (unpaired) electrons. The van der Waals surface area contributed by atoms with Gasteiger partial charge < -0.3 is 16.3 Å². The van der Waals surface area contributed by atoms with Crippen LogP contribution in [0.4, 0.5) is 4.79 Å². The predicted molar refractivity (Wildman–Crippen MR) is 78.5 cm³/mol. The Labute approximate surface area is 169 Å². The van der Waals surface area contributed by atoms with E-state index in [1.54, 1.807) is 18.3 Å². The Kier molecular flexibility index (Phi) is 9.30. The van der Waals surface area contributed by atoms with E-state index in [0.717, 1.165) is 15.0 Å². The number of carbonyl (C=O) groups is 2. The summed E-state index contributed by atoms with van der Waals surface area (Å²) in [5.74, 6) is -0.583. The van der Waals surface area contributed by atoms with Crippen molar-refractivity contribution in [1.82, 2.24) is 5.06 Å². The number of hydrogen-bond donors (Lipinski definition) is 2. The van der Waals surface area contributed by atoms with Crippen molar-refractivity contribution in [2.45, 2.75) is 19.9 Å². The molecule has 0 saturated heterocycles. The molecular weight excluding hydrogens is 317 g/mol. The first-order valence-corrected chi connectivity index (χ1v) is 6.62. The Bertz CT molecular complexity index is 580. The fraction of sp³-hybridized carbons (Fsp3) is 0.231. The number of nitrogens with one attached hydrogen (secondary N) is 1. The van der Waals surface area contributed by atoms with Crippen LogP contribution in [0.25, 0.3) is 15.8 Å². The molecule has 4 N–H and O–H groups in total. The van der Waals surface area contributed by atoms with E-state index in [1.807, 2.05) is 30.3 Å². The average Bonchev–Trinajstić information content (AvgIpc) is 2.79. The molecule has 0 bridgehead atoms. The van der Waals surface area contributed by atoms with Crippen molar-refractivity contribution in [3.8, 4) is 0 Å². The summed E-state index contributed by atoms with van der Waals surface area (Å²) >= 11 is 1.54. The molecule has 0 fully saturated rings. The molecule has 0 spiro atoms. The molecule has 1 heterocycles. The Hall–Kier alpha value is -0.484. The fourth-order valence-electron chi connectivity index (χ4n) is 1.52. The number of hydrogen-bond acceptors (Lipinski definition) is 4. The number of amides is 3. The zero-order valence-electron chi connectivity index (χ0n) is 12.2. The van der Waals surface area contributed by atoms with E-state index in [-0.39, 0.29) is 51.4 Å². The van der Waals surface area contributed by atoms with Crippen molar-refractivity contribution in [3.05, 3.63) is 40.9 Å². The maximum atomic E-state index is 10.8. The molecule has 0 aliphatic heterocycles. The minimum Gasteiger partial charge on any atom is -0.668 e. The van der Waals surface area contributed by atoms with Gasteiger partial charge in [-0.3, -0.25) is 5.21 Å². The molecule has 6 nitrogen and oxygen atoms in total. The number of thiophene rings is 1. The Morgan fingerprint density at radius 2 is 1.90 bits per heavy atom. The molecule has 0 aliphatic carbocycles. The third-order valence-electron chi connectivity index (χ3n) is 2.45. The summed E-state index contributed by atoms with van der Waals surface area (Å²) in [6, 6.07) is 8.60. The molecule has 0 saturated carbocycles. The van der Waals surface area contributed by atoms with Gasteiger partial charge in [-0.15, -0.1) is 11.3 Å². The molecule has 2 rings (SSSR count). The number of nitrogens with two attached hydrogens (primary N) is 1. The van der Waals surface area contributed by atoms with Crippen LogP contribution in [-0.4, -0.2) is 22.2 Å². The first kappa shape index (κ1) is 20.5. The van der Waals surface area contributed by atoms with E-state index in [0.29, 0.717) is 5.06 Å². The Morgan fingerprint density at radius 1 is 1.38 bits per heavy atom. The SMILES string of the molecule is CC([NH-])=O.CC(c1cc2ccccc2s1)N(O)C(N)=O.[K+]. The van der Waals surface area contributed by atoms with Gasteiger partial charge in [0, 0.05) is 15.5 Å². The molecule has 2 aromatic rings. The molecule has 8 heteroatoms. The number of benzene rings is 1. The van der Waals surface area contributed by atoms with Crippen LogP contribution in [0.3, 0.4) is 0 Å². The number of urea groups is 1. The second kappa shape index (κ2) is 9.52. The molecule has 1 aromatic carbocycles. The number of nitrogens with zero attached hydrogens (tertiary/aromatic N) is 1. The quantitative estimate of drug-likeness (QED) is 0.469. The summed E-state index contributed by atoms with van der Waals surface area (Å²) in [5.41, 5.74) is 11.0. The van der Waals surface area contributed by atoms with Crippen molar-refractivity contribution < 1.29 is 66.2 Å². The largest absolute Gasteiger partial charge is 1.00 e. The van der Waals surface area contributed by atoms with Gasteiger partial charge in [0.05, 0.1) is 6.04 Å². The van der Waals surface area contributed by atoms with Gasteiger partial charge in [0.1, 0.15) is 0 Å². The maximum absolute atomic E-state index is 10.8. The second-order valence-electron chi connectivity index (χ2n) is 4.10. The topological polar surface area (TPSA) is 107 Å². The van der Waals surface area contributed by atoms with Crippen LogP contribution in [0.1, 0.15) is 24.8 Å². The monoisotopic (exact) mass is 333 g/mol. The summed E-state index contributed by atoms with van der Waals surface area (Å²) in [5, 5.41) is 11.1. The molecule has 1 aromatic heterocycles. The summed E-state index contributed by atoms with van der Waals surface area (Å²) < 4.78 is 1.13. The summed E-state index contributed by atoms with van der Waals surface area (Å²) in [4.78, 5) is 20.8. The van der Waals surface area contributed by atoms with Gasteiger partial charge in [0.25, 0.3) is 0 Å². The summed E-state index contributed by atoms with van der Waals surface area (Å²) in [7, 11) is 0. The minimum atomic E-state index is -0.843. The molecule has 1 atom stereocenters. The first-order chi connectivity index (χ1) is 9.32. The number of primary amides is 1. The number of rotatable bonds is 2. The zero-order valence-corrected chi connectivity index (χ0v) is 16.1. The maximum Gasteiger partial charge on any atom is 1.00 e. The van der Waals surface area contributed by atoms with Crippen LogP contribution in [0.15, 0.2) is 30.3 Å². The van der Waals surface area contributed by atoms with Gasteiger partial charge in [-0.05, 0) is 31.4 Å².